The lowest BCUT2D eigenvalue weighted by Crippen LogP contribution is -2.35. The average molecular weight is 493 g/mol. The first-order valence-corrected chi connectivity index (χ1v) is 12.7. The number of nitrogens with one attached hydrogen (secondary N) is 1. The summed E-state index contributed by atoms with van der Waals surface area (Å²) in [5.41, 5.74) is 7.66. The maximum Gasteiger partial charge on any atom is 0.200 e. The van der Waals surface area contributed by atoms with Crippen LogP contribution in [0.3, 0.4) is 0 Å². The highest BCUT2D eigenvalue weighted by molar-refractivity contribution is 8.03. The van der Waals surface area contributed by atoms with Gasteiger partial charge in [0.25, 0.3) is 0 Å². The van der Waals surface area contributed by atoms with Crippen molar-refractivity contribution < 1.29 is 5.11 Å². The highest BCUT2D eigenvalue weighted by atomic mass is 32.2. The molecule has 1 aliphatic heterocycles. The maximum atomic E-state index is 11.3. The zero-order valence-corrected chi connectivity index (χ0v) is 22.1. The number of aliphatic hydroxyl groups excluding tert-OH is 1. The minimum atomic E-state index is 0.0835. The van der Waals surface area contributed by atoms with E-state index in [-0.39, 0.29) is 5.88 Å². The van der Waals surface area contributed by atoms with Crippen LogP contribution in [0.5, 0.6) is 0 Å². The molecule has 0 fully saturated rings. The molecule has 0 aromatic heterocycles. The van der Waals surface area contributed by atoms with Gasteiger partial charge in [0.2, 0.25) is 0 Å². The molecule has 0 atom stereocenters. The van der Waals surface area contributed by atoms with Gasteiger partial charge in [-0.25, -0.2) is 0 Å². The van der Waals surface area contributed by atoms with Crippen LogP contribution in [0, 0.1) is 6.92 Å². The fraction of sp³-hybridized carbons (Fsp3) is 0.125. The molecule has 4 heteroatoms. The molecule has 4 rings (SSSR count). The van der Waals surface area contributed by atoms with Crippen LogP contribution in [0.15, 0.2) is 125 Å². The van der Waals surface area contributed by atoms with E-state index >= 15 is 0 Å². The van der Waals surface area contributed by atoms with E-state index in [0.717, 1.165) is 43.5 Å². The molecule has 3 aromatic carbocycles. The Labute approximate surface area is 218 Å². The highest BCUT2D eigenvalue weighted by Gasteiger charge is 2.29. The number of likely N-dealkylation sites (N-methyl/N-ethyl adjacent to an activating group) is 1. The van der Waals surface area contributed by atoms with Crippen LogP contribution < -0.4 is 5.32 Å². The number of thioether (sulfide) groups is 1. The van der Waals surface area contributed by atoms with Crippen LogP contribution in [0.4, 0.5) is 0 Å². The lowest BCUT2D eigenvalue weighted by molar-refractivity contribution is 0.343. The van der Waals surface area contributed by atoms with E-state index in [1.165, 1.54) is 5.56 Å². The molecule has 0 radical (unpaired) electrons. The van der Waals surface area contributed by atoms with E-state index < -0.39 is 0 Å². The third-order valence-corrected chi connectivity index (χ3v) is 7.21. The second-order valence-corrected chi connectivity index (χ2v) is 10.1. The molecule has 182 valence electrons. The summed E-state index contributed by atoms with van der Waals surface area (Å²) in [6.45, 7) is 14.5. The zero-order chi connectivity index (χ0) is 25.8. The Morgan fingerprint density at radius 1 is 0.972 bits per heavy atom. The maximum absolute atomic E-state index is 11.3. The van der Waals surface area contributed by atoms with Crippen molar-refractivity contribution in [2.24, 2.45) is 0 Å². The van der Waals surface area contributed by atoms with Gasteiger partial charge in [-0.15, -0.1) is 0 Å². The Bertz CT molecular complexity index is 1400. The van der Waals surface area contributed by atoms with Crippen molar-refractivity contribution in [3.8, 4) is 0 Å². The standard InChI is InChI=1S/C32H32N2OS/c1-7-27(24-14-10-8-11-15-24)30(25-16-12-9-13-17-25)31-33-32(35)29(23(5)34(31)6)26-19-18-22(4)28(20-26)36-21(2)3/h7-20,33,35H,2,5H2,1,3-4,6H3/b27-7-,31-30-. The molecule has 1 heterocycles. The van der Waals surface area contributed by atoms with Crippen molar-refractivity contribution in [2.45, 2.75) is 25.7 Å². The summed E-state index contributed by atoms with van der Waals surface area (Å²) >= 11 is 1.63. The molecule has 0 amide bonds. The van der Waals surface area contributed by atoms with Crippen molar-refractivity contribution in [1.82, 2.24) is 10.2 Å². The fourth-order valence-electron chi connectivity index (χ4n) is 4.38. The number of nitrogens with zero attached hydrogens (tertiary/aromatic N) is 1. The summed E-state index contributed by atoms with van der Waals surface area (Å²) in [6, 6.07) is 26.7. The topological polar surface area (TPSA) is 35.5 Å². The van der Waals surface area contributed by atoms with E-state index in [9.17, 15) is 5.11 Å². The number of rotatable bonds is 6. The van der Waals surface area contributed by atoms with Gasteiger partial charge in [0.05, 0.1) is 5.57 Å². The van der Waals surface area contributed by atoms with E-state index in [0.29, 0.717) is 11.3 Å². The Balaban J connectivity index is 1.89. The number of aryl methyl sites for hydroxylation is 1. The smallest absolute Gasteiger partial charge is 0.200 e. The molecule has 3 nitrogen and oxygen atoms in total. The van der Waals surface area contributed by atoms with Gasteiger partial charge < -0.3 is 15.3 Å². The SMILES string of the molecule is C=C(C)Sc1cc(C2=C(O)N/C(=C(/C(=C\C)c3ccccc3)c3ccccc3)N(C)C2=C)ccc1C. The molecule has 0 spiro atoms. The molecule has 1 aliphatic rings. The second kappa shape index (κ2) is 10.8. The molecule has 0 saturated carbocycles. The normalized spacial score (nSPS) is 15.6. The lowest BCUT2D eigenvalue weighted by atomic mass is 9.90. The fourth-order valence-corrected chi connectivity index (χ4v) is 5.17. The van der Waals surface area contributed by atoms with E-state index in [2.05, 4.69) is 67.9 Å². The largest absolute Gasteiger partial charge is 0.494 e. The summed E-state index contributed by atoms with van der Waals surface area (Å²) in [4.78, 5) is 4.15. The lowest BCUT2D eigenvalue weighted by Gasteiger charge is -2.35. The third kappa shape index (κ3) is 5.05. The summed E-state index contributed by atoms with van der Waals surface area (Å²) in [6.07, 6.45) is 2.11. The summed E-state index contributed by atoms with van der Waals surface area (Å²) in [5, 5.41) is 14.7. The van der Waals surface area contributed by atoms with Gasteiger partial charge in [0, 0.05) is 23.2 Å². The number of allylic oxidation sites excluding steroid dienone is 5. The van der Waals surface area contributed by atoms with Gasteiger partial charge in [-0.3, -0.25) is 0 Å². The molecule has 36 heavy (non-hydrogen) atoms. The molecule has 0 bridgehead atoms. The predicted molar refractivity (Wildman–Crippen MR) is 155 cm³/mol. The van der Waals surface area contributed by atoms with E-state index in [1.807, 2.05) is 68.3 Å². The number of benzene rings is 3. The molecule has 2 N–H and O–H groups in total. The quantitative estimate of drug-likeness (QED) is 0.339. The van der Waals surface area contributed by atoms with Crippen molar-refractivity contribution in [2.75, 3.05) is 7.05 Å². The second-order valence-electron chi connectivity index (χ2n) is 8.80. The van der Waals surface area contributed by atoms with Gasteiger partial charge in [-0.05, 0) is 59.6 Å². The first-order chi connectivity index (χ1) is 17.3. The van der Waals surface area contributed by atoms with Crippen molar-refractivity contribution in [3.63, 3.8) is 0 Å². The Morgan fingerprint density at radius 2 is 1.58 bits per heavy atom. The summed E-state index contributed by atoms with van der Waals surface area (Å²) < 4.78 is 0. The molecule has 0 saturated heterocycles. The van der Waals surface area contributed by atoms with Gasteiger partial charge in [-0.1, -0.05) is 104 Å². The van der Waals surface area contributed by atoms with E-state index in [4.69, 9.17) is 0 Å². The summed E-state index contributed by atoms with van der Waals surface area (Å²) in [5.74, 6) is 0.855. The van der Waals surface area contributed by atoms with Gasteiger partial charge in [0.1, 0.15) is 5.82 Å². The van der Waals surface area contributed by atoms with Crippen LogP contribution in [0.1, 0.15) is 36.1 Å². The van der Waals surface area contributed by atoms with Crippen molar-refractivity contribution in [1.29, 1.82) is 0 Å². The monoisotopic (exact) mass is 492 g/mol. The minimum absolute atomic E-state index is 0.0835. The summed E-state index contributed by atoms with van der Waals surface area (Å²) in [7, 11) is 1.98. The van der Waals surface area contributed by atoms with Crippen molar-refractivity contribution >= 4 is 28.5 Å². The number of hydrogen-bond donors (Lipinski definition) is 2. The zero-order valence-electron chi connectivity index (χ0n) is 21.3. The molecule has 0 aliphatic carbocycles. The number of hydrogen-bond acceptors (Lipinski definition) is 4. The third-order valence-electron chi connectivity index (χ3n) is 6.21. The first-order valence-electron chi connectivity index (χ1n) is 11.9. The minimum Gasteiger partial charge on any atom is -0.494 e. The van der Waals surface area contributed by atoms with Crippen LogP contribution in [0.2, 0.25) is 0 Å². The highest BCUT2D eigenvalue weighted by Crippen LogP contribution is 2.40. The molecular weight excluding hydrogens is 460 g/mol. The van der Waals surface area contributed by atoms with Gasteiger partial charge in [-0.2, -0.15) is 0 Å². The van der Waals surface area contributed by atoms with Crippen LogP contribution in [0.25, 0.3) is 16.7 Å². The average Bonchev–Trinajstić information content (AvgIpc) is 2.87. The molecule has 3 aromatic rings. The van der Waals surface area contributed by atoms with Crippen LogP contribution in [-0.4, -0.2) is 17.1 Å². The Kier molecular flexibility index (Phi) is 7.56. The van der Waals surface area contributed by atoms with Gasteiger partial charge in [0.15, 0.2) is 5.88 Å². The van der Waals surface area contributed by atoms with Crippen molar-refractivity contribution in [3.05, 3.63) is 143 Å². The molecule has 0 unspecified atom stereocenters. The predicted octanol–water partition coefficient (Wildman–Crippen LogP) is 8.37. The number of aliphatic hydroxyl groups is 1. The molecular formula is C32H32N2OS. The first kappa shape index (κ1) is 25.2. The Morgan fingerprint density at radius 3 is 2.17 bits per heavy atom. The van der Waals surface area contributed by atoms with Crippen LogP contribution >= 0.6 is 11.8 Å². The van der Waals surface area contributed by atoms with E-state index in [1.54, 1.807) is 11.8 Å². The van der Waals surface area contributed by atoms with Gasteiger partial charge >= 0.3 is 0 Å². The van der Waals surface area contributed by atoms with Crippen LogP contribution in [-0.2, 0) is 0 Å². The Hall–Kier alpha value is -3.89.